The van der Waals surface area contributed by atoms with E-state index in [9.17, 15) is 0 Å². The molecule has 0 saturated carbocycles. The summed E-state index contributed by atoms with van der Waals surface area (Å²) >= 11 is 0. The highest BCUT2D eigenvalue weighted by Crippen LogP contribution is 2.42. The van der Waals surface area contributed by atoms with Crippen LogP contribution in [0.5, 0.6) is 0 Å². The van der Waals surface area contributed by atoms with Gasteiger partial charge in [0.15, 0.2) is 17.5 Å². The number of rotatable bonds is 6. The Labute approximate surface area is 346 Å². The van der Waals surface area contributed by atoms with Crippen LogP contribution >= 0.6 is 0 Å². The fourth-order valence-corrected chi connectivity index (χ4v) is 9.04. The summed E-state index contributed by atoms with van der Waals surface area (Å²) in [6.07, 6.45) is 0. The number of hydrogen-bond donors (Lipinski definition) is 0. The highest BCUT2D eigenvalue weighted by atomic mass is 15.1. The van der Waals surface area contributed by atoms with Crippen LogP contribution in [0.1, 0.15) is 0 Å². The highest BCUT2D eigenvalue weighted by Gasteiger charge is 2.23. The summed E-state index contributed by atoms with van der Waals surface area (Å²) in [6.45, 7) is 0. The van der Waals surface area contributed by atoms with Crippen molar-refractivity contribution < 1.29 is 0 Å². The van der Waals surface area contributed by atoms with Crippen LogP contribution in [-0.4, -0.2) is 24.1 Å². The molecule has 0 aliphatic rings. The van der Waals surface area contributed by atoms with E-state index in [1.807, 2.05) is 6.07 Å². The lowest BCUT2D eigenvalue weighted by molar-refractivity contribution is 1.08. The number of nitrogens with zero attached hydrogens (tertiary/aromatic N) is 5. The number of fused-ring (bicyclic) bond motifs is 7. The summed E-state index contributed by atoms with van der Waals surface area (Å²) < 4.78 is 4.83. The Morgan fingerprint density at radius 2 is 0.883 bits per heavy atom. The van der Waals surface area contributed by atoms with Crippen molar-refractivity contribution in [2.24, 2.45) is 0 Å². The molecule has 5 heteroatoms. The fourth-order valence-electron chi connectivity index (χ4n) is 9.04. The third-order valence-electron chi connectivity index (χ3n) is 11.7. The second-order valence-electron chi connectivity index (χ2n) is 15.2. The van der Waals surface area contributed by atoms with Gasteiger partial charge in [-0.1, -0.05) is 164 Å². The molecule has 0 aliphatic carbocycles. The van der Waals surface area contributed by atoms with Crippen molar-refractivity contribution in [3.8, 4) is 56.7 Å². The van der Waals surface area contributed by atoms with Gasteiger partial charge in [-0.15, -0.1) is 0 Å². The lowest BCUT2D eigenvalue weighted by Gasteiger charge is -2.14. The molecule has 12 rings (SSSR count). The smallest absolute Gasteiger partial charge is 0.164 e. The zero-order valence-electron chi connectivity index (χ0n) is 32.4. The summed E-state index contributed by atoms with van der Waals surface area (Å²) in [6, 6.07) is 75.1. The van der Waals surface area contributed by atoms with Gasteiger partial charge in [-0.05, 0) is 70.4 Å². The Morgan fingerprint density at radius 3 is 1.70 bits per heavy atom. The van der Waals surface area contributed by atoms with Crippen LogP contribution in [-0.2, 0) is 0 Å². The van der Waals surface area contributed by atoms with Gasteiger partial charge in [-0.25, -0.2) is 15.0 Å². The van der Waals surface area contributed by atoms with Gasteiger partial charge >= 0.3 is 0 Å². The molecular formula is C55H35N5. The lowest BCUT2D eigenvalue weighted by Crippen LogP contribution is -2.01. The van der Waals surface area contributed by atoms with Crippen LogP contribution in [0.25, 0.3) is 111 Å². The maximum absolute atomic E-state index is 5.33. The van der Waals surface area contributed by atoms with Crippen molar-refractivity contribution in [3.05, 3.63) is 212 Å². The monoisotopic (exact) mass is 765 g/mol. The molecule has 9 aromatic carbocycles. The van der Waals surface area contributed by atoms with Gasteiger partial charge in [0.2, 0.25) is 0 Å². The molecule has 0 N–H and O–H groups in total. The molecule has 3 aromatic heterocycles. The van der Waals surface area contributed by atoms with E-state index in [-0.39, 0.29) is 0 Å². The summed E-state index contributed by atoms with van der Waals surface area (Å²) in [4.78, 5) is 15.9. The molecule has 0 bridgehead atoms. The first-order valence-corrected chi connectivity index (χ1v) is 20.3. The van der Waals surface area contributed by atoms with E-state index in [0.29, 0.717) is 17.5 Å². The van der Waals surface area contributed by atoms with E-state index in [2.05, 4.69) is 215 Å². The quantitative estimate of drug-likeness (QED) is 0.169. The van der Waals surface area contributed by atoms with Gasteiger partial charge < -0.3 is 9.13 Å². The highest BCUT2D eigenvalue weighted by molar-refractivity contribution is 6.18. The Balaban J connectivity index is 1.13. The van der Waals surface area contributed by atoms with Gasteiger partial charge in [0.1, 0.15) is 0 Å². The SMILES string of the molecule is c1ccc(-c2cccc(-c3nc(-c4ccc5ccccc5c4)nc(-c4cccc5c4c4ccccc4n5-c4cccc5c6ccccc6n(-c6ccccc6)c45)n3)c2)cc1. The standard InChI is InChI=1S/C55H35N5/c1-3-16-36(17-4-1)39-20-13-21-40(34-39)53-56-54(41-33-32-37-18-7-8-19-38(37)35-41)58-55(57-53)46-27-15-30-49-51(46)45-25-10-12-29-48(45)60(49)50-31-14-26-44-43-24-9-11-28-47(43)59(52(44)50)42-22-5-2-6-23-42/h1-35H. The molecule has 3 heterocycles. The van der Waals surface area contributed by atoms with Crippen LogP contribution in [0.3, 0.4) is 0 Å². The van der Waals surface area contributed by atoms with Crippen molar-refractivity contribution in [2.45, 2.75) is 0 Å². The average Bonchev–Trinajstić information content (AvgIpc) is 3.85. The number of benzene rings is 9. The number of hydrogen-bond acceptors (Lipinski definition) is 3. The molecule has 0 unspecified atom stereocenters. The zero-order chi connectivity index (χ0) is 39.6. The van der Waals surface area contributed by atoms with E-state index in [1.54, 1.807) is 0 Å². The topological polar surface area (TPSA) is 48.5 Å². The molecule has 0 fully saturated rings. The summed E-state index contributed by atoms with van der Waals surface area (Å²) in [5, 5.41) is 6.95. The van der Waals surface area contributed by atoms with Gasteiger partial charge in [0, 0.05) is 43.9 Å². The molecule has 280 valence electrons. The predicted molar refractivity (Wildman–Crippen MR) is 248 cm³/mol. The molecule has 0 atom stereocenters. The largest absolute Gasteiger partial charge is 0.307 e. The first-order chi connectivity index (χ1) is 29.8. The third kappa shape index (κ3) is 5.44. The maximum atomic E-state index is 5.33. The summed E-state index contributed by atoms with van der Waals surface area (Å²) in [7, 11) is 0. The van der Waals surface area contributed by atoms with Crippen molar-refractivity contribution in [1.29, 1.82) is 0 Å². The van der Waals surface area contributed by atoms with Crippen molar-refractivity contribution in [3.63, 3.8) is 0 Å². The van der Waals surface area contributed by atoms with Gasteiger partial charge in [-0.3, -0.25) is 0 Å². The minimum atomic E-state index is 0.624. The fraction of sp³-hybridized carbons (Fsp3) is 0. The van der Waals surface area contributed by atoms with E-state index in [0.717, 1.165) is 71.9 Å². The molecule has 12 aromatic rings. The van der Waals surface area contributed by atoms with Crippen LogP contribution < -0.4 is 0 Å². The average molecular weight is 766 g/mol. The summed E-state index contributed by atoms with van der Waals surface area (Å²) in [5.41, 5.74) is 11.8. The van der Waals surface area contributed by atoms with Crippen molar-refractivity contribution in [2.75, 3.05) is 0 Å². The van der Waals surface area contributed by atoms with Gasteiger partial charge in [0.25, 0.3) is 0 Å². The van der Waals surface area contributed by atoms with E-state index < -0.39 is 0 Å². The minimum absolute atomic E-state index is 0.624. The molecule has 0 saturated heterocycles. The van der Waals surface area contributed by atoms with E-state index in [1.165, 1.54) is 21.7 Å². The summed E-state index contributed by atoms with van der Waals surface area (Å²) in [5.74, 6) is 1.88. The second-order valence-corrected chi connectivity index (χ2v) is 15.2. The van der Waals surface area contributed by atoms with Gasteiger partial charge in [0.05, 0.1) is 27.8 Å². The zero-order valence-corrected chi connectivity index (χ0v) is 32.4. The molecule has 5 nitrogen and oxygen atoms in total. The van der Waals surface area contributed by atoms with Crippen LogP contribution in [0.4, 0.5) is 0 Å². The first kappa shape index (κ1) is 33.9. The number of aromatic nitrogens is 5. The Kier molecular flexibility index (Phi) is 7.78. The third-order valence-corrected chi connectivity index (χ3v) is 11.7. The normalized spacial score (nSPS) is 11.7. The molecule has 0 amide bonds. The maximum Gasteiger partial charge on any atom is 0.164 e. The van der Waals surface area contributed by atoms with E-state index in [4.69, 9.17) is 15.0 Å². The van der Waals surface area contributed by atoms with Crippen LogP contribution in [0.15, 0.2) is 212 Å². The van der Waals surface area contributed by atoms with Crippen LogP contribution in [0.2, 0.25) is 0 Å². The first-order valence-electron chi connectivity index (χ1n) is 20.3. The minimum Gasteiger partial charge on any atom is -0.307 e. The van der Waals surface area contributed by atoms with Gasteiger partial charge in [-0.2, -0.15) is 0 Å². The molecule has 0 radical (unpaired) electrons. The van der Waals surface area contributed by atoms with Crippen molar-refractivity contribution >= 4 is 54.4 Å². The van der Waals surface area contributed by atoms with E-state index >= 15 is 0 Å². The molecule has 0 spiro atoms. The molecule has 0 aliphatic heterocycles. The van der Waals surface area contributed by atoms with Crippen molar-refractivity contribution in [1.82, 2.24) is 24.1 Å². The second kappa shape index (κ2) is 13.8. The molecular weight excluding hydrogens is 731 g/mol. The Bertz CT molecular complexity index is 3600. The lowest BCUT2D eigenvalue weighted by atomic mass is 10.0. The Morgan fingerprint density at radius 1 is 0.317 bits per heavy atom. The number of para-hydroxylation sites is 4. The predicted octanol–water partition coefficient (Wildman–Crippen LogP) is 13.9. The Hall–Kier alpha value is -8.15. The molecule has 60 heavy (non-hydrogen) atoms. The van der Waals surface area contributed by atoms with Crippen LogP contribution in [0, 0.1) is 0 Å².